The highest BCUT2D eigenvalue weighted by Gasteiger charge is 2.23. The quantitative estimate of drug-likeness (QED) is 0.763. The Morgan fingerprint density at radius 3 is 2.62 bits per heavy atom. The van der Waals surface area contributed by atoms with E-state index in [0.717, 1.165) is 37.0 Å². The van der Waals surface area contributed by atoms with E-state index < -0.39 is 0 Å². The molecule has 0 radical (unpaired) electrons. The summed E-state index contributed by atoms with van der Waals surface area (Å²) < 4.78 is 1.52. The van der Waals surface area contributed by atoms with Crippen LogP contribution in [0.15, 0.2) is 54.9 Å². The highest BCUT2D eigenvalue weighted by molar-refractivity contribution is 6.07. The first-order chi connectivity index (χ1) is 12.7. The molecule has 0 atom stereocenters. The Morgan fingerprint density at radius 2 is 1.77 bits per heavy atom. The molecule has 1 aromatic heterocycles. The smallest absolute Gasteiger partial charge is 0.265 e. The summed E-state index contributed by atoms with van der Waals surface area (Å²) in [5.74, 6) is -0.254. The van der Waals surface area contributed by atoms with Crippen LogP contribution in [-0.4, -0.2) is 34.5 Å². The van der Waals surface area contributed by atoms with Gasteiger partial charge in [-0.1, -0.05) is 24.3 Å². The minimum Gasteiger partial charge on any atom is -0.325 e. The summed E-state index contributed by atoms with van der Waals surface area (Å²) in [5.41, 5.74) is 2.51. The number of hydrogen-bond acceptors (Lipinski definition) is 4. The zero-order valence-corrected chi connectivity index (χ0v) is 14.3. The molecule has 2 heterocycles. The zero-order chi connectivity index (χ0) is 17.9. The maximum atomic E-state index is 13.1. The molecule has 1 aliphatic rings. The second-order valence-electron chi connectivity index (χ2n) is 6.47. The Hall–Kier alpha value is -2.99. The van der Waals surface area contributed by atoms with Crippen LogP contribution in [0.1, 0.15) is 23.2 Å². The van der Waals surface area contributed by atoms with Crippen LogP contribution in [0.3, 0.4) is 0 Å². The van der Waals surface area contributed by atoms with Gasteiger partial charge < -0.3 is 10.6 Å². The van der Waals surface area contributed by atoms with E-state index >= 15 is 0 Å². The largest absolute Gasteiger partial charge is 0.325 e. The molecule has 1 aliphatic heterocycles. The van der Waals surface area contributed by atoms with Gasteiger partial charge in [0.15, 0.2) is 0 Å². The van der Waals surface area contributed by atoms with E-state index in [9.17, 15) is 9.59 Å². The van der Waals surface area contributed by atoms with Crippen LogP contribution in [0.2, 0.25) is 0 Å². The van der Waals surface area contributed by atoms with Crippen molar-refractivity contribution >= 4 is 28.5 Å². The van der Waals surface area contributed by atoms with Gasteiger partial charge in [-0.25, -0.2) is 4.98 Å². The predicted molar refractivity (Wildman–Crippen MR) is 100 cm³/mol. The molecule has 1 fully saturated rings. The van der Waals surface area contributed by atoms with Crippen LogP contribution in [0, 0.1) is 5.92 Å². The van der Waals surface area contributed by atoms with Crippen LogP contribution in [0.25, 0.3) is 11.0 Å². The van der Waals surface area contributed by atoms with E-state index in [4.69, 9.17) is 0 Å². The fourth-order valence-corrected chi connectivity index (χ4v) is 3.35. The first-order valence-electron chi connectivity index (χ1n) is 8.81. The molecule has 2 N–H and O–H groups in total. The molecule has 4 rings (SSSR count). The van der Waals surface area contributed by atoms with Crippen LogP contribution in [-0.2, 0) is 4.79 Å². The van der Waals surface area contributed by atoms with E-state index in [1.54, 1.807) is 18.2 Å². The highest BCUT2D eigenvalue weighted by atomic mass is 16.2. The highest BCUT2D eigenvalue weighted by Crippen LogP contribution is 2.22. The van der Waals surface area contributed by atoms with Crippen molar-refractivity contribution in [2.75, 3.05) is 18.4 Å². The van der Waals surface area contributed by atoms with Gasteiger partial charge in [0.05, 0.1) is 22.3 Å². The van der Waals surface area contributed by atoms with Crippen molar-refractivity contribution in [3.63, 3.8) is 0 Å². The lowest BCUT2D eigenvalue weighted by molar-refractivity contribution is -0.120. The number of nitrogens with zero attached hydrogens (tertiary/aromatic N) is 2. The summed E-state index contributed by atoms with van der Waals surface area (Å²) in [7, 11) is 0. The average Bonchev–Trinajstić information content (AvgIpc) is 3.13. The number of carbonyl (C=O) groups is 2. The minimum absolute atomic E-state index is 0.0199. The van der Waals surface area contributed by atoms with Crippen molar-refractivity contribution < 1.29 is 9.59 Å². The van der Waals surface area contributed by atoms with E-state index in [-0.39, 0.29) is 17.7 Å². The van der Waals surface area contributed by atoms with Crippen molar-refractivity contribution in [1.82, 2.24) is 14.9 Å². The number of piperidine rings is 1. The number of amides is 1. The summed E-state index contributed by atoms with van der Waals surface area (Å²) in [4.78, 5) is 29.9. The Bertz CT molecular complexity index is 957. The molecule has 3 aromatic rings. The third kappa shape index (κ3) is 3.11. The summed E-state index contributed by atoms with van der Waals surface area (Å²) in [6, 6.07) is 14.6. The fraction of sp³-hybridized carbons (Fsp3) is 0.250. The van der Waals surface area contributed by atoms with Crippen LogP contribution in [0.5, 0.6) is 0 Å². The zero-order valence-electron chi connectivity index (χ0n) is 14.3. The van der Waals surface area contributed by atoms with E-state index in [0.29, 0.717) is 11.3 Å². The van der Waals surface area contributed by atoms with Crippen molar-refractivity contribution in [3.8, 4) is 0 Å². The van der Waals surface area contributed by atoms with Crippen molar-refractivity contribution in [2.45, 2.75) is 12.8 Å². The van der Waals surface area contributed by atoms with Gasteiger partial charge in [0, 0.05) is 5.92 Å². The number of aromatic nitrogens is 2. The Labute approximate surface area is 151 Å². The van der Waals surface area contributed by atoms with Gasteiger partial charge in [-0.05, 0) is 50.2 Å². The monoisotopic (exact) mass is 348 g/mol. The number of nitrogens with one attached hydrogen (secondary N) is 2. The average molecular weight is 348 g/mol. The molecular formula is C20H20N4O2. The van der Waals surface area contributed by atoms with Gasteiger partial charge >= 0.3 is 0 Å². The topological polar surface area (TPSA) is 76.0 Å². The summed E-state index contributed by atoms with van der Waals surface area (Å²) in [6.07, 6.45) is 3.15. The minimum atomic E-state index is -0.208. The Kier molecular flexibility index (Phi) is 4.50. The number of carbonyl (C=O) groups excluding carboxylic acids is 2. The molecule has 2 aromatic carbocycles. The first-order valence-corrected chi connectivity index (χ1v) is 8.81. The number of fused-ring (bicyclic) bond motifs is 1. The number of imidazole rings is 1. The molecule has 6 heteroatoms. The van der Waals surface area contributed by atoms with Gasteiger partial charge in [-0.3, -0.25) is 14.2 Å². The molecule has 26 heavy (non-hydrogen) atoms. The van der Waals surface area contributed by atoms with Gasteiger partial charge in [-0.15, -0.1) is 0 Å². The van der Waals surface area contributed by atoms with E-state index in [2.05, 4.69) is 15.6 Å². The van der Waals surface area contributed by atoms with Crippen molar-refractivity contribution in [1.29, 1.82) is 0 Å². The van der Waals surface area contributed by atoms with Gasteiger partial charge in [0.2, 0.25) is 5.91 Å². The normalized spacial score (nSPS) is 15.1. The second kappa shape index (κ2) is 7.09. The lowest BCUT2D eigenvalue weighted by Crippen LogP contribution is -2.35. The van der Waals surface area contributed by atoms with Gasteiger partial charge in [0.1, 0.15) is 6.33 Å². The first kappa shape index (κ1) is 16.5. The Balaban J connectivity index is 1.63. The molecule has 0 bridgehead atoms. The molecule has 1 saturated heterocycles. The third-order valence-electron chi connectivity index (χ3n) is 4.80. The van der Waals surface area contributed by atoms with Gasteiger partial charge in [-0.2, -0.15) is 0 Å². The van der Waals surface area contributed by atoms with Crippen LogP contribution in [0.4, 0.5) is 5.69 Å². The summed E-state index contributed by atoms with van der Waals surface area (Å²) in [5, 5.41) is 6.20. The van der Waals surface area contributed by atoms with E-state index in [1.807, 2.05) is 30.3 Å². The van der Waals surface area contributed by atoms with Crippen LogP contribution < -0.4 is 10.6 Å². The molecular weight excluding hydrogens is 328 g/mol. The van der Waals surface area contributed by atoms with Crippen molar-refractivity contribution in [2.24, 2.45) is 5.92 Å². The SMILES string of the molecule is O=C(Nc1ccccc1C(=O)n1cnc2ccccc21)C1CCNCC1. The lowest BCUT2D eigenvalue weighted by Gasteiger charge is -2.22. The fourth-order valence-electron chi connectivity index (χ4n) is 3.35. The van der Waals surface area contributed by atoms with Crippen molar-refractivity contribution in [3.05, 3.63) is 60.4 Å². The standard InChI is InChI=1S/C20H20N4O2/c25-19(14-9-11-21-12-10-14)23-16-6-2-1-5-15(16)20(26)24-13-22-17-7-3-4-8-18(17)24/h1-8,13-14,21H,9-12H2,(H,23,25). The van der Waals surface area contributed by atoms with Crippen LogP contribution >= 0.6 is 0 Å². The van der Waals surface area contributed by atoms with Gasteiger partial charge in [0.25, 0.3) is 5.91 Å². The molecule has 1 amide bonds. The summed E-state index contributed by atoms with van der Waals surface area (Å²) in [6.45, 7) is 1.69. The number of para-hydroxylation sites is 3. The molecule has 132 valence electrons. The number of anilines is 1. The van der Waals surface area contributed by atoms with E-state index in [1.165, 1.54) is 10.9 Å². The predicted octanol–water partition coefficient (Wildman–Crippen LogP) is 2.66. The Morgan fingerprint density at radius 1 is 1.04 bits per heavy atom. The number of hydrogen-bond donors (Lipinski definition) is 2. The molecule has 0 saturated carbocycles. The maximum Gasteiger partial charge on any atom is 0.265 e. The molecule has 0 aliphatic carbocycles. The lowest BCUT2D eigenvalue weighted by atomic mass is 9.97. The number of benzene rings is 2. The number of rotatable bonds is 3. The molecule has 0 unspecified atom stereocenters. The summed E-state index contributed by atoms with van der Waals surface area (Å²) >= 11 is 0. The second-order valence-corrected chi connectivity index (χ2v) is 6.47. The molecule has 6 nitrogen and oxygen atoms in total. The third-order valence-corrected chi connectivity index (χ3v) is 4.80. The maximum absolute atomic E-state index is 13.1. The molecule has 0 spiro atoms.